The summed E-state index contributed by atoms with van der Waals surface area (Å²) in [6.07, 6.45) is 6.74. The summed E-state index contributed by atoms with van der Waals surface area (Å²) in [5.41, 5.74) is 6.89. The van der Waals surface area contributed by atoms with Crippen LogP contribution < -0.4 is 5.73 Å². The molecule has 0 atom stereocenters. The summed E-state index contributed by atoms with van der Waals surface area (Å²) < 4.78 is 1.05. The molecule has 1 aromatic heterocycles. The average molecular weight is 289 g/mol. The second-order valence-corrected chi connectivity index (χ2v) is 4.52. The molecule has 1 aliphatic carbocycles. The van der Waals surface area contributed by atoms with Crippen LogP contribution in [-0.2, 0) is 0 Å². The zero-order valence-corrected chi connectivity index (χ0v) is 9.49. The molecule has 1 fully saturated rings. The average Bonchev–Trinajstić information content (AvgIpc) is 2.62. The van der Waals surface area contributed by atoms with Gasteiger partial charge in [0.15, 0.2) is 0 Å². The van der Waals surface area contributed by atoms with Crippen LogP contribution in [0, 0.1) is 3.57 Å². The first-order valence-corrected chi connectivity index (χ1v) is 5.63. The summed E-state index contributed by atoms with van der Waals surface area (Å²) in [7, 11) is 0. The summed E-state index contributed by atoms with van der Waals surface area (Å²) in [5, 5.41) is 0. The fraction of sp³-hybridized carbons (Fsp3) is 0.556. The van der Waals surface area contributed by atoms with E-state index in [4.69, 9.17) is 5.73 Å². The molecule has 2 rings (SSSR count). The molecule has 3 nitrogen and oxygen atoms in total. The van der Waals surface area contributed by atoms with Gasteiger partial charge in [0, 0.05) is 5.92 Å². The van der Waals surface area contributed by atoms with Gasteiger partial charge in [0.2, 0.25) is 0 Å². The molecule has 0 bridgehead atoms. The van der Waals surface area contributed by atoms with Crippen molar-refractivity contribution in [3.63, 3.8) is 0 Å². The third-order valence-corrected chi connectivity index (χ3v) is 3.69. The normalized spacial score (nSPS) is 17.9. The molecule has 2 N–H and O–H groups in total. The molecule has 0 aromatic carbocycles. The molecule has 1 heterocycles. The predicted molar refractivity (Wildman–Crippen MR) is 60.4 cm³/mol. The fourth-order valence-corrected chi connectivity index (χ4v) is 2.60. The lowest BCUT2D eigenvalue weighted by molar-refractivity contribution is 0.689. The van der Waals surface area contributed by atoms with Gasteiger partial charge >= 0.3 is 0 Å². The van der Waals surface area contributed by atoms with Gasteiger partial charge in [-0.3, -0.25) is 0 Å². The number of nitrogens with two attached hydrogens (primary N) is 1. The Bertz CT molecular complexity index is 308. The number of rotatable bonds is 1. The van der Waals surface area contributed by atoms with Crippen LogP contribution in [0.2, 0.25) is 0 Å². The summed E-state index contributed by atoms with van der Waals surface area (Å²) in [5.74, 6) is 1.25. The van der Waals surface area contributed by atoms with Crippen LogP contribution in [0.4, 0.5) is 5.82 Å². The van der Waals surface area contributed by atoms with Crippen molar-refractivity contribution in [3.05, 3.63) is 15.6 Å². The van der Waals surface area contributed by atoms with Gasteiger partial charge in [-0.15, -0.1) is 0 Å². The zero-order chi connectivity index (χ0) is 9.26. The van der Waals surface area contributed by atoms with Crippen LogP contribution in [0.15, 0.2) is 6.33 Å². The Kier molecular flexibility index (Phi) is 2.66. The van der Waals surface area contributed by atoms with E-state index in [0.29, 0.717) is 11.7 Å². The first-order chi connectivity index (χ1) is 6.29. The van der Waals surface area contributed by atoms with Crippen molar-refractivity contribution >= 4 is 28.4 Å². The standard InChI is InChI=1S/C9H12IN3/c10-7-8(6-3-1-2-4-6)12-5-13-9(7)11/h5-6H,1-4H2,(H2,11,12,13). The van der Waals surface area contributed by atoms with E-state index in [-0.39, 0.29) is 0 Å². The van der Waals surface area contributed by atoms with Gasteiger partial charge in [0.1, 0.15) is 12.1 Å². The number of nitrogens with zero attached hydrogens (tertiary/aromatic N) is 2. The van der Waals surface area contributed by atoms with Crippen molar-refractivity contribution in [2.45, 2.75) is 31.6 Å². The minimum absolute atomic E-state index is 0.622. The van der Waals surface area contributed by atoms with Crippen LogP contribution in [0.25, 0.3) is 0 Å². The Balaban J connectivity index is 2.33. The number of halogens is 1. The molecule has 0 unspecified atom stereocenters. The van der Waals surface area contributed by atoms with E-state index >= 15 is 0 Å². The maximum atomic E-state index is 5.73. The Hall–Kier alpha value is -0.390. The molecule has 1 aromatic rings. The van der Waals surface area contributed by atoms with Gasteiger partial charge in [-0.1, -0.05) is 12.8 Å². The highest BCUT2D eigenvalue weighted by Gasteiger charge is 2.21. The van der Waals surface area contributed by atoms with Gasteiger partial charge in [-0.05, 0) is 35.4 Å². The van der Waals surface area contributed by atoms with Crippen molar-refractivity contribution < 1.29 is 0 Å². The van der Waals surface area contributed by atoms with Gasteiger partial charge in [-0.25, -0.2) is 9.97 Å². The van der Waals surface area contributed by atoms with Crippen LogP contribution in [0.5, 0.6) is 0 Å². The Morgan fingerprint density at radius 1 is 1.31 bits per heavy atom. The number of anilines is 1. The van der Waals surface area contributed by atoms with Crippen molar-refractivity contribution in [1.29, 1.82) is 0 Å². The van der Waals surface area contributed by atoms with Crippen LogP contribution >= 0.6 is 22.6 Å². The molecule has 13 heavy (non-hydrogen) atoms. The number of aromatic nitrogens is 2. The molecular weight excluding hydrogens is 277 g/mol. The minimum atomic E-state index is 0.622. The largest absolute Gasteiger partial charge is 0.383 e. The van der Waals surface area contributed by atoms with Gasteiger partial charge in [-0.2, -0.15) is 0 Å². The molecule has 0 aliphatic heterocycles. The van der Waals surface area contributed by atoms with E-state index in [1.54, 1.807) is 6.33 Å². The van der Waals surface area contributed by atoms with Crippen LogP contribution in [-0.4, -0.2) is 9.97 Å². The topological polar surface area (TPSA) is 51.8 Å². The Labute approximate surface area is 91.3 Å². The summed E-state index contributed by atoms with van der Waals surface area (Å²) >= 11 is 2.24. The van der Waals surface area contributed by atoms with E-state index in [2.05, 4.69) is 32.6 Å². The molecule has 0 spiro atoms. The van der Waals surface area contributed by atoms with Crippen molar-refractivity contribution in [1.82, 2.24) is 9.97 Å². The highest BCUT2D eigenvalue weighted by molar-refractivity contribution is 14.1. The SMILES string of the molecule is Nc1ncnc(C2CCCC2)c1I. The minimum Gasteiger partial charge on any atom is -0.383 e. The lowest BCUT2D eigenvalue weighted by Gasteiger charge is -2.10. The molecule has 1 aliphatic rings. The monoisotopic (exact) mass is 289 g/mol. The molecule has 0 radical (unpaired) electrons. The lowest BCUT2D eigenvalue weighted by atomic mass is 10.0. The number of hydrogen-bond donors (Lipinski definition) is 1. The third kappa shape index (κ3) is 1.77. The van der Waals surface area contributed by atoms with Gasteiger partial charge < -0.3 is 5.73 Å². The Morgan fingerprint density at radius 3 is 2.69 bits per heavy atom. The van der Waals surface area contributed by atoms with E-state index in [9.17, 15) is 0 Å². The highest BCUT2D eigenvalue weighted by Crippen LogP contribution is 2.35. The van der Waals surface area contributed by atoms with Crippen LogP contribution in [0.1, 0.15) is 37.3 Å². The lowest BCUT2D eigenvalue weighted by Crippen LogP contribution is -2.04. The maximum Gasteiger partial charge on any atom is 0.140 e. The van der Waals surface area contributed by atoms with E-state index in [0.717, 1.165) is 9.26 Å². The zero-order valence-electron chi connectivity index (χ0n) is 7.33. The van der Waals surface area contributed by atoms with Crippen molar-refractivity contribution in [2.24, 2.45) is 0 Å². The molecular formula is C9H12IN3. The van der Waals surface area contributed by atoms with E-state index in [1.165, 1.54) is 25.7 Å². The highest BCUT2D eigenvalue weighted by atomic mass is 127. The summed E-state index contributed by atoms with van der Waals surface area (Å²) in [6.45, 7) is 0. The molecule has 0 amide bonds. The second-order valence-electron chi connectivity index (χ2n) is 3.44. The smallest absolute Gasteiger partial charge is 0.140 e. The van der Waals surface area contributed by atoms with Gasteiger partial charge in [0.05, 0.1) is 9.26 Å². The Morgan fingerprint density at radius 2 is 2.00 bits per heavy atom. The summed E-state index contributed by atoms with van der Waals surface area (Å²) in [4.78, 5) is 8.29. The molecule has 1 saturated carbocycles. The van der Waals surface area contributed by atoms with Crippen molar-refractivity contribution in [2.75, 3.05) is 5.73 Å². The number of hydrogen-bond acceptors (Lipinski definition) is 3. The molecule has 4 heteroatoms. The quantitative estimate of drug-likeness (QED) is 0.807. The first kappa shape index (κ1) is 9.18. The number of nitrogen functional groups attached to an aromatic ring is 1. The predicted octanol–water partition coefficient (Wildman–Crippen LogP) is 2.32. The fourth-order valence-electron chi connectivity index (χ4n) is 1.88. The molecule has 70 valence electrons. The van der Waals surface area contributed by atoms with Crippen molar-refractivity contribution in [3.8, 4) is 0 Å². The maximum absolute atomic E-state index is 5.73. The van der Waals surface area contributed by atoms with E-state index < -0.39 is 0 Å². The van der Waals surface area contributed by atoms with E-state index in [1.807, 2.05) is 0 Å². The summed E-state index contributed by atoms with van der Waals surface area (Å²) in [6, 6.07) is 0. The third-order valence-electron chi connectivity index (χ3n) is 2.59. The molecule has 0 saturated heterocycles. The van der Waals surface area contributed by atoms with Crippen LogP contribution in [0.3, 0.4) is 0 Å². The first-order valence-electron chi connectivity index (χ1n) is 4.55. The second kappa shape index (κ2) is 3.77. The van der Waals surface area contributed by atoms with Gasteiger partial charge in [0.25, 0.3) is 0 Å².